The van der Waals surface area contributed by atoms with Gasteiger partial charge in [0.05, 0.1) is 16.6 Å². The van der Waals surface area contributed by atoms with Gasteiger partial charge < -0.3 is 10.2 Å². The first-order chi connectivity index (χ1) is 11.6. The molecule has 0 aliphatic carbocycles. The highest BCUT2D eigenvalue weighted by atomic mass is 35.5. The molecule has 5 heteroatoms. The first-order valence-corrected chi connectivity index (χ1v) is 8.21. The van der Waals surface area contributed by atoms with Gasteiger partial charge in [-0.25, -0.2) is 0 Å². The van der Waals surface area contributed by atoms with Gasteiger partial charge >= 0.3 is 0 Å². The zero-order valence-electron chi connectivity index (χ0n) is 13.4. The standard InChI is InChI=1S/C19H18ClN3O/c1-23-12-15(9-18(23)24)19(13-5-3-2-4-6-13)22-16-8-7-14(11-21)17(20)10-16/h2-8,10,15,19,22H,9,12H2,1H3/t15-,19?/m0/s1. The van der Waals surface area contributed by atoms with Crippen LogP contribution in [0.5, 0.6) is 0 Å². The van der Waals surface area contributed by atoms with Crippen LogP contribution in [0.4, 0.5) is 5.69 Å². The van der Waals surface area contributed by atoms with E-state index in [1.807, 2.05) is 31.3 Å². The number of halogens is 1. The van der Waals surface area contributed by atoms with Crippen molar-refractivity contribution in [1.29, 1.82) is 5.26 Å². The first-order valence-electron chi connectivity index (χ1n) is 7.83. The molecule has 0 spiro atoms. The summed E-state index contributed by atoms with van der Waals surface area (Å²) in [5.41, 5.74) is 2.43. The number of nitrogens with zero attached hydrogens (tertiary/aromatic N) is 2. The molecule has 4 nitrogen and oxygen atoms in total. The van der Waals surface area contributed by atoms with Gasteiger partial charge in [0.1, 0.15) is 6.07 Å². The number of carbonyl (C=O) groups is 1. The van der Waals surface area contributed by atoms with Gasteiger partial charge in [0, 0.05) is 31.6 Å². The third-order valence-corrected chi connectivity index (χ3v) is 4.73. The fourth-order valence-corrected chi connectivity index (χ4v) is 3.35. The van der Waals surface area contributed by atoms with Crippen LogP contribution >= 0.6 is 11.6 Å². The van der Waals surface area contributed by atoms with Gasteiger partial charge in [0.15, 0.2) is 0 Å². The van der Waals surface area contributed by atoms with Crippen LogP contribution in [0, 0.1) is 17.2 Å². The summed E-state index contributed by atoms with van der Waals surface area (Å²) in [5, 5.41) is 12.9. The lowest BCUT2D eigenvalue weighted by atomic mass is 9.91. The topological polar surface area (TPSA) is 56.1 Å². The van der Waals surface area contributed by atoms with Crippen molar-refractivity contribution in [2.24, 2.45) is 5.92 Å². The molecule has 24 heavy (non-hydrogen) atoms. The van der Waals surface area contributed by atoms with Crippen LogP contribution < -0.4 is 5.32 Å². The number of amides is 1. The van der Waals surface area contributed by atoms with Crippen LogP contribution in [0.1, 0.15) is 23.6 Å². The molecule has 2 atom stereocenters. The number of likely N-dealkylation sites (tertiary alicyclic amines) is 1. The Morgan fingerprint density at radius 3 is 2.62 bits per heavy atom. The van der Waals surface area contributed by atoms with Crippen LogP contribution in [-0.2, 0) is 4.79 Å². The Morgan fingerprint density at radius 2 is 2.04 bits per heavy atom. The predicted molar refractivity (Wildman–Crippen MR) is 94.7 cm³/mol. The molecule has 1 saturated heterocycles. The Bertz CT molecular complexity index is 785. The average molecular weight is 340 g/mol. The molecule has 1 N–H and O–H groups in total. The smallest absolute Gasteiger partial charge is 0.222 e. The highest BCUT2D eigenvalue weighted by molar-refractivity contribution is 6.32. The minimum atomic E-state index is 0.00380. The number of hydrogen-bond donors (Lipinski definition) is 1. The first kappa shape index (κ1) is 16.4. The minimum Gasteiger partial charge on any atom is -0.378 e. The van der Waals surface area contributed by atoms with E-state index < -0.39 is 0 Å². The van der Waals surface area contributed by atoms with Gasteiger partial charge in [-0.2, -0.15) is 5.26 Å². The molecule has 1 unspecified atom stereocenters. The summed E-state index contributed by atoms with van der Waals surface area (Å²) in [6.45, 7) is 0.718. The number of anilines is 1. The Labute approximate surface area is 146 Å². The summed E-state index contributed by atoms with van der Waals surface area (Å²) in [7, 11) is 1.84. The maximum atomic E-state index is 12.0. The van der Waals surface area contributed by atoms with Crippen LogP contribution in [0.2, 0.25) is 5.02 Å². The molecule has 0 bridgehead atoms. The summed E-state index contributed by atoms with van der Waals surface area (Å²) < 4.78 is 0. The molecule has 1 amide bonds. The zero-order chi connectivity index (χ0) is 17.1. The van der Waals surface area contributed by atoms with Crippen LogP contribution in [0.3, 0.4) is 0 Å². The number of nitriles is 1. The van der Waals surface area contributed by atoms with Gasteiger partial charge in [-0.1, -0.05) is 41.9 Å². The lowest BCUT2D eigenvalue weighted by Crippen LogP contribution is -2.24. The molecule has 0 saturated carbocycles. The van der Waals surface area contributed by atoms with E-state index >= 15 is 0 Å². The third-order valence-electron chi connectivity index (χ3n) is 4.41. The van der Waals surface area contributed by atoms with E-state index in [0.717, 1.165) is 17.8 Å². The second-order valence-corrected chi connectivity index (χ2v) is 6.48. The van der Waals surface area contributed by atoms with E-state index in [1.165, 1.54) is 0 Å². The Kier molecular flexibility index (Phi) is 4.73. The highest BCUT2D eigenvalue weighted by Crippen LogP contribution is 2.34. The molecule has 0 aromatic heterocycles. The van der Waals surface area contributed by atoms with E-state index in [-0.39, 0.29) is 17.9 Å². The highest BCUT2D eigenvalue weighted by Gasteiger charge is 2.33. The van der Waals surface area contributed by atoms with Crippen molar-refractivity contribution in [3.8, 4) is 6.07 Å². The van der Waals surface area contributed by atoms with Crippen LogP contribution in [0.25, 0.3) is 0 Å². The number of carbonyl (C=O) groups excluding carboxylic acids is 1. The number of nitrogens with one attached hydrogen (secondary N) is 1. The van der Waals surface area contributed by atoms with E-state index in [4.69, 9.17) is 16.9 Å². The van der Waals surface area contributed by atoms with Gasteiger partial charge in [-0.05, 0) is 23.8 Å². The van der Waals surface area contributed by atoms with E-state index in [1.54, 1.807) is 17.0 Å². The third kappa shape index (κ3) is 3.37. The summed E-state index contributed by atoms with van der Waals surface area (Å²) in [5.74, 6) is 0.347. The molecule has 2 aromatic carbocycles. The normalized spacial score (nSPS) is 18.3. The summed E-state index contributed by atoms with van der Waals surface area (Å²) in [4.78, 5) is 13.7. The van der Waals surface area contributed by atoms with Crippen molar-refractivity contribution >= 4 is 23.2 Å². The second-order valence-electron chi connectivity index (χ2n) is 6.08. The average Bonchev–Trinajstić information content (AvgIpc) is 2.92. The summed E-state index contributed by atoms with van der Waals surface area (Å²) >= 11 is 6.14. The van der Waals surface area contributed by atoms with Crippen LogP contribution in [-0.4, -0.2) is 24.4 Å². The summed E-state index contributed by atoms with van der Waals surface area (Å²) in [6.07, 6.45) is 0.521. The zero-order valence-corrected chi connectivity index (χ0v) is 14.1. The quantitative estimate of drug-likeness (QED) is 0.920. The largest absolute Gasteiger partial charge is 0.378 e. The number of benzene rings is 2. The molecule has 2 aromatic rings. The molecular weight excluding hydrogens is 322 g/mol. The van der Waals surface area contributed by atoms with Crippen molar-refractivity contribution in [1.82, 2.24) is 4.90 Å². The molecule has 1 fully saturated rings. The molecule has 3 rings (SSSR count). The predicted octanol–water partition coefficient (Wildman–Crippen LogP) is 3.84. The van der Waals surface area contributed by atoms with Crippen molar-refractivity contribution in [2.45, 2.75) is 12.5 Å². The lowest BCUT2D eigenvalue weighted by molar-refractivity contribution is -0.126. The molecule has 122 valence electrons. The fraction of sp³-hybridized carbons (Fsp3) is 0.263. The Hall–Kier alpha value is -2.51. The lowest BCUT2D eigenvalue weighted by Gasteiger charge is -2.26. The van der Waals surface area contributed by atoms with Gasteiger partial charge in [-0.3, -0.25) is 4.79 Å². The molecule has 1 heterocycles. The monoisotopic (exact) mass is 339 g/mol. The van der Waals surface area contributed by atoms with Crippen molar-refractivity contribution < 1.29 is 4.79 Å². The molecule has 0 radical (unpaired) electrons. The van der Waals surface area contributed by atoms with E-state index in [2.05, 4.69) is 23.5 Å². The fourth-order valence-electron chi connectivity index (χ4n) is 3.13. The molecule has 1 aliphatic rings. The van der Waals surface area contributed by atoms with Crippen LogP contribution in [0.15, 0.2) is 48.5 Å². The number of rotatable bonds is 4. The van der Waals surface area contributed by atoms with E-state index in [9.17, 15) is 4.79 Å². The molecular formula is C19H18ClN3O. The van der Waals surface area contributed by atoms with Crippen molar-refractivity contribution in [2.75, 3.05) is 18.9 Å². The SMILES string of the molecule is CN1C[C@@H](C(Nc2ccc(C#N)c(Cl)c2)c2ccccc2)CC1=O. The van der Waals surface area contributed by atoms with Crippen molar-refractivity contribution in [3.05, 3.63) is 64.7 Å². The van der Waals surface area contributed by atoms with E-state index in [0.29, 0.717) is 17.0 Å². The van der Waals surface area contributed by atoms with Gasteiger partial charge in [-0.15, -0.1) is 0 Å². The second kappa shape index (κ2) is 6.94. The minimum absolute atomic E-state index is 0.00380. The van der Waals surface area contributed by atoms with Gasteiger partial charge in [0.25, 0.3) is 0 Å². The van der Waals surface area contributed by atoms with Gasteiger partial charge in [0.2, 0.25) is 5.91 Å². The maximum Gasteiger partial charge on any atom is 0.222 e. The Balaban J connectivity index is 1.90. The summed E-state index contributed by atoms with van der Waals surface area (Å²) in [6, 6.07) is 17.5. The van der Waals surface area contributed by atoms with Crippen molar-refractivity contribution in [3.63, 3.8) is 0 Å². The maximum absolute atomic E-state index is 12.0. The number of hydrogen-bond acceptors (Lipinski definition) is 3. The molecule has 1 aliphatic heterocycles. The Morgan fingerprint density at radius 1 is 1.29 bits per heavy atom.